The fourth-order valence-corrected chi connectivity index (χ4v) is 3.92. The van der Waals surface area contributed by atoms with E-state index in [1.54, 1.807) is 33.8 Å². The molecule has 0 radical (unpaired) electrons. The van der Waals surface area contributed by atoms with Crippen molar-refractivity contribution < 1.29 is 14.4 Å². The van der Waals surface area contributed by atoms with Gasteiger partial charge < -0.3 is 20.4 Å². The number of nitrogens with one attached hydrogen (secondary N) is 2. The first-order valence-electron chi connectivity index (χ1n) is 11.4. The van der Waals surface area contributed by atoms with Crippen LogP contribution in [0.15, 0.2) is 24.3 Å². The van der Waals surface area contributed by atoms with Crippen LogP contribution in [0.3, 0.4) is 0 Å². The van der Waals surface area contributed by atoms with Crippen molar-refractivity contribution in [2.75, 3.05) is 39.2 Å². The molecule has 1 saturated carbocycles. The van der Waals surface area contributed by atoms with Crippen molar-refractivity contribution in [3.8, 4) is 17.3 Å². The summed E-state index contributed by atoms with van der Waals surface area (Å²) in [6, 6.07) is 8.75. The van der Waals surface area contributed by atoms with E-state index in [9.17, 15) is 19.6 Å². The number of hydrogen-bond acceptors (Lipinski definition) is 6. The number of anilines is 1. The van der Waals surface area contributed by atoms with Crippen LogP contribution >= 0.6 is 0 Å². The average molecular weight is 464 g/mol. The number of rotatable bonds is 8. The summed E-state index contributed by atoms with van der Waals surface area (Å²) in [6.45, 7) is 3.15. The van der Waals surface area contributed by atoms with E-state index in [1.807, 2.05) is 25.9 Å². The predicted molar refractivity (Wildman–Crippen MR) is 126 cm³/mol. The Morgan fingerprint density at radius 2 is 2.03 bits per heavy atom. The highest BCUT2D eigenvalue weighted by Crippen LogP contribution is 2.34. The Hall–Kier alpha value is -3.71. The normalized spacial score (nSPS) is 17.3. The lowest BCUT2D eigenvalue weighted by Gasteiger charge is -2.31. The molecule has 1 aliphatic heterocycles. The van der Waals surface area contributed by atoms with Crippen LogP contribution in [0.2, 0.25) is 0 Å². The van der Waals surface area contributed by atoms with Crippen LogP contribution in [0.5, 0.6) is 0 Å². The van der Waals surface area contributed by atoms with E-state index in [0.717, 1.165) is 12.8 Å². The van der Waals surface area contributed by atoms with Gasteiger partial charge in [-0.25, -0.2) is 0 Å². The Morgan fingerprint density at radius 3 is 2.71 bits per heavy atom. The van der Waals surface area contributed by atoms with Crippen LogP contribution in [0.1, 0.15) is 48.3 Å². The summed E-state index contributed by atoms with van der Waals surface area (Å²) in [4.78, 5) is 41.2. The molecule has 0 bridgehead atoms. The maximum atomic E-state index is 13.1. The minimum Gasteiger partial charge on any atom is -0.338 e. The van der Waals surface area contributed by atoms with Crippen molar-refractivity contribution in [1.29, 1.82) is 5.26 Å². The molecule has 0 unspecified atom stereocenters. The number of nitriles is 1. The molecule has 1 fully saturated rings. The van der Waals surface area contributed by atoms with Gasteiger partial charge in [0.15, 0.2) is 0 Å². The number of fused-ring (bicyclic) bond motifs is 1. The molecule has 2 heterocycles. The van der Waals surface area contributed by atoms with Crippen molar-refractivity contribution in [2.24, 2.45) is 5.92 Å². The van der Waals surface area contributed by atoms with E-state index < -0.39 is 0 Å². The molecule has 1 aromatic heterocycles. The second kappa shape index (κ2) is 9.65. The minimum absolute atomic E-state index is 0.0110. The van der Waals surface area contributed by atoms with Gasteiger partial charge in [0.2, 0.25) is 11.8 Å². The highest BCUT2D eigenvalue weighted by Gasteiger charge is 2.33. The van der Waals surface area contributed by atoms with Crippen LogP contribution in [-0.4, -0.2) is 71.2 Å². The molecular weight excluding hydrogens is 434 g/mol. The number of nitrogens with zero attached hydrogens (tertiary/aromatic N) is 5. The summed E-state index contributed by atoms with van der Waals surface area (Å²) >= 11 is 0. The van der Waals surface area contributed by atoms with E-state index in [0.29, 0.717) is 47.7 Å². The first-order valence-corrected chi connectivity index (χ1v) is 11.4. The molecule has 1 atom stereocenters. The number of carbonyl (C=O) groups is 3. The quantitative estimate of drug-likeness (QED) is 0.616. The van der Waals surface area contributed by atoms with Crippen molar-refractivity contribution in [3.63, 3.8) is 0 Å². The fourth-order valence-electron chi connectivity index (χ4n) is 3.92. The first kappa shape index (κ1) is 23.4. The summed E-state index contributed by atoms with van der Waals surface area (Å²) in [5, 5.41) is 19.7. The Balaban J connectivity index is 1.55. The van der Waals surface area contributed by atoms with E-state index in [2.05, 4.69) is 21.8 Å². The average Bonchev–Trinajstić information content (AvgIpc) is 3.57. The van der Waals surface area contributed by atoms with E-state index in [1.165, 1.54) is 0 Å². The van der Waals surface area contributed by atoms with Crippen LogP contribution in [0.4, 0.5) is 5.69 Å². The van der Waals surface area contributed by atoms with Gasteiger partial charge in [-0.3, -0.25) is 19.1 Å². The summed E-state index contributed by atoms with van der Waals surface area (Å²) in [5.41, 5.74) is 2.55. The van der Waals surface area contributed by atoms with Crippen molar-refractivity contribution in [2.45, 2.75) is 32.2 Å². The van der Waals surface area contributed by atoms with Crippen LogP contribution in [-0.2, 0) is 9.59 Å². The largest absolute Gasteiger partial charge is 0.338 e. The summed E-state index contributed by atoms with van der Waals surface area (Å²) in [7, 11) is 3.80. The standard InChI is InChI=1S/C24H29N7O3/c1-15-13-30(14-26-22(32)8-9-29(2)3)24(34)21-11-20(28-31(15)21)18-7-4-16(12-25)10-19(18)27-23(33)17-5-6-17/h4,7,10-11,15,17H,5-6,8-9,13-14H2,1-3H3,(H,26,32)(H,27,33)/t15-/m0/s1. The number of carbonyl (C=O) groups excluding carboxylic acids is 3. The summed E-state index contributed by atoms with van der Waals surface area (Å²) in [6.07, 6.45) is 2.09. The maximum absolute atomic E-state index is 13.1. The Labute approximate surface area is 198 Å². The van der Waals surface area contributed by atoms with Crippen LogP contribution < -0.4 is 10.6 Å². The van der Waals surface area contributed by atoms with Crippen molar-refractivity contribution in [1.82, 2.24) is 24.9 Å². The molecule has 10 heteroatoms. The van der Waals surface area contributed by atoms with Crippen LogP contribution in [0, 0.1) is 17.2 Å². The molecule has 10 nitrogen and oxygen atoms in total. The molecule has 34 heavy (non-hydrogen) atoms. The molecule has 3 amide bonds. The molecule has 0 spiro atoms. The lowest BCUT2D eigenvalue weighted by molar-refractivity contribution is -0.122. The van der Waals surface area contributed by atoms with Crippen molar-refractivity contribution in [3.05, 3.63) is 35.5 Å². The fraction of sp³-hybridized carbons (Fsp3) is 0.458. The Morgan fingerprint density at radius 1 is 1.26 bits per heavy atom. The SMILES string of the molecule is C[C@H]1CN(CNC(=O)CCN(C)C)C(=O)c2cc(-c3ccc(C#N)cc3NC(=O)C3CC3)nn21. The van der Waals surface area contributed by atoms with E-state index in [-0.39, 0.29) is 36.3 Å². The van der Waals surface area contributed by atoms with E-state index >= 15 is 0 Å². The second-order valence-corrected chi connectivity index (χ2v) is 9.18. The van der Waals surface area contributed by atoms with E-state index in [4.69, 9.17) is 0 Å². The predicted octanol–water partition coefficient (Wildman–Crippen LogP) is 1.81. The zero-order chi connectivity index (χ0) is 24.4. The Bertz CT molecular complexity index is 1160. The molecule has 4 rings (SSSR count). The minimum atomic E-state index is -0.220. The third-order valence-electron chi connectivity index (χ3n) is 6.03. The number of amides is 3. The molecule has 1 aromatic carbocycles. The monoisotopic (exact) mass is 463 g/mol. The Kier molecular flexibility index (Phi) is 6.65. The number of aromatic nitrogens is 2. The smallest absolute Gasteiger partial charge is 0.273 e. The van der Waals surface area contributed by atoms with Crippen LogP contribution in [0.25, 0.3) is 11.3 Å². The lowest BCUT2D eigenvalue weighted by atomic mass is 10.1. The van der Waals surface area contributed by atoms with Gasteiger partial charge in [0.25, 0.3) is 5.91 Å². The maximum Gasteiger partial charge on any atom is 0.273 e. The van der Waals surface area contributed by atoms with Crippen molar-refractivity contribution >= 4 is 23.4 Å². The molecule has 2 aliphatic rings. The van der Waals surface area contributed by atoms with Gasteiger partial charge >= 0.3 is 0 Å². The second-order valence-electron chi connectivity index (χ2n) is 9.18. The third-order valence-corrected chi connectivity index (χ3v) is 6.03. The highest BCUT2D eigenvalue weighted by atomic mass is 16.2. The number of hydrogen-bond donors (Lipinski definition) is 2. The number of benzene rings is 1. The molecule has 0 saturated heterocycles. The summed E-state index contributed by atoms with van der Waals surface area (Å²) in [5.74, 6) is -0.387. The van der Waals surface area contributed by atoms with Gasteiger partial charge in [-0.05, 0) is 58.1 Å². The lowest BCUT2D eigenvalue weighted by Crippen LogP contribution is -2.48. The molecule has 1 aliphatic carbocycles. The topological polar surface area (TPSA) is 123 Å². The molecule has 178 valence electrons. The summed E-state index contributed by atoms with van der Waals surface area (Å²) < 4.78 is 1.69. The zero-order valence-electron chi connectivity index (χ0n) is 19.7. The van der Waals surface area contributed by atoms with Gasteiger partial charge in [-0.2, -0.15) is 10.4 Å². The third kappa shape index (κ3) is 5.10. The molecule has 2 aromatic rings. The zero-order valence-corrected chi connectivity index (χ0v) is 19.7. The molecule has 2 N–H and O–H groups in total. The van der Waals surface area contributed by atoms with Gasteiger partial charge in [0, 0.05) is 31.0 Å². The van der Waals surface area contributed by atoms with Gasteiger partial charge in [-0.15, -0.1) is 0 Å². The van der Waals surface area contributed by atoms with Gasteiger partial charge in [0.1, 0.15) is 5.69 Å². The van der Waals surface area contributed by atoms with Gasteiger partial charge in [0.05, 0.1) is 35.7 Å². The highest BCUT2D eigenvalue weighted by molar-refractivity contribution is 5.99. The molecular formula is C24H29N7O3. The first-order chi connectivity index (χ1) is 16.3. The van der Waals surface area contributed by atoms with Gasteiger partial charge in [-0.1, -0.05) is 0 Å².